The molecule has 1 aromatic heterocycles. The van der Waals surface area contributed by atoms with Gasteiger partial charge in [0.2, 0.25) is 0 Å². The van der Waals surface area contributed by atoms with Crippen LogP contribution in [0.5, 0.6) is 5.75 Å². The highest BCUT2D eigenvalue weighted by Crippen LogP contribution is 2.28. The first-order valence-corrected chi connectivity index (χ1v) is 10.8. The number of urea groups is 1. The fraction of sp³-hybridized carbons (Fsp3) is 0.0833. The van der Waals surface area contributed by atoms with Gasteiger partial charge in [-0.2, -0.15) is 0 Å². The molecule has 2 heterocycles. The first-order valence-electron chi connectivity index (χ1n) is 9.97. The molecular formula is C24H17BrN2O7. The molecule has 0 aliphatic carbocycles. The molecule has 0 bridgehead atoms. The largest absolute Gasteiger partial charge is 0.488 e. The van der Waals surface area contributed by atoms with Crippen molar-refractivity contribution in [2.75, 3.05) is 0 Å². The van der Waals surface area contributed by atoms with E-state index in [2.05, 4.69) is 21.2 Å². The maximum atomic E-state index is 12.8. The number of carbonyl (C=O) groups excluding carboxylic acids is 3. The molecule has 9 nitrogen and oxygen atoms in total. The highest BCUT2D eigenvalue weighted by molar-refractivity contribution is 9.10. The molecule has 1 saturated heterocycles. The summed E-state index contributed by atoms with van der Waals surface area (Å²) in [7, 11) is 0. The first kappa shape index (κ1) is 23.0. The third kappa shape index (κ3) is 5.07. The van der Waals surface area contributed by atoms with Crippen LogP contribution in [0.1, 0.15) is 27.2 Å². The summed E-state index contributed by atoms with van der Waals surface area (Å²) in [5.74, 6) is -1.67. The van der Waals surface area contributed by atoms with Gasteiger partial charge in [-0.15, -0.1) is 0 Å². The van der Waals surface area contributed by atoms with Crippen molar-refractivity contribution >= 4 is 45.8 Å². The predicted molar refractivity (Wildman–Crippen MR) is 123 cm³/mol. The summed E-state index contributed by atoms with van der Waals surface area (Å²) in [5.41, 5.74) is 1.18. The minimum atomic E-state index is -1.02. The van der Waals surface area contributed by atoms with Crippen LogP contribution in [0.25, 0.3) is 6.08 Å². The van der Waals surface area contributed by atoms with Crippen molar-refractivity contribution in [2.45, 2.75) is 13.2 Å². The van der Waals surface area contributed by atoms with Crippen LogP contribution in [0.2, 0.25) is 0 Å². The number of imide groups is 2. The Balaban J connectivity index is 1.50. The Labute approximate surface area is 201 Å². The maximum absolute atomic E-state index is 12.8. The Morgan fingerprint density at radius 2 is 1.94 bits per heavy atom. The fourth-order valence-corrected chi connectivity index (χ4v) is 3.75. The molecule has 1 aliphatic rings. The van der Waals surface area contributed by atoms with Crippen molar-refractivity contribution in [3.63, 3.8) is 0 Å². The van der Waals surface area contributed by atoms with E-state index in [1.807, 2.05) is 0 Å². The van der Waals surface area contributed by atoms with Gasteiger partial charge in [0.25, 0.3) is 11.8 Å². The quantitative estimate of drug-likeness (QED) is 0.353. The Hall–Kier alpha value is -4.18. The summed E-state index contributed by atoms with van der Waals surface area (Å²) >= 11 is 3.40. The molecule has 0 radical (unpaired) electrons. The monoisotopic (exact) mass is 524 g/mol. The molecule has 3 aromatic rings. The van der Waals surface area contributed by atoms with Gasteiger partial charge < -0.3 is 14.3 Å². The van der Waals surface area contributed by atoms with Crippen LogP contribution in [0.4, 0.5) is 4.79 Å². The number of nitrogens with one attached hydrogen (secondary N) is 1. The molecule has 2 N–H and O–H groups in total. The lowest BCUT2D eigenvalue weighted by atomic mass is 10.1. The number of nitrogens with zero attached hydrogens (tertiary/aromatic N) is 1. The minimum absolute atomic E-state index is 0.109. The van der Waals surface area contributed by atoms with Gasteiger partial charge in [0.15, 0.2) is 0 Å². The topological polar surface area (TPSA) is 126 Å². The van der Waals surface area contributed by atoms with Gasteiger partial charge in [-0.05, 0) is 69.5 Å². The number of benzene rings is 2. The van der Waals surface area contributed by atoms with E-state index in [-0.39, 0.29) is 24.3 Å². The normalized spacial score (nSPS) is 14.9. The second-order valence-electron chi connectivity index (χ2n) is 7.27. The number of rotatable bonds is 7. The van der Waals surface area contributed by atoms with Gasteiger partial charge in [-0.1, -0.05) is 18.2 Å². The Kier molecular flexibility index (Phi) is 6.60. The molecule has 2 aromatic carbocycles. The van der Waals surface area contributed by atoms with Crippen molar-refractivity contribution in [3.05, 3.63) is 93.4 Å². The van der Waals surface area contributed by atoms with Crippen LogP contribution in [0.3, 0.4) is 0 Å². The number of aromatic carboxylic acids is 1. The van der Waals surface area contributed by atoms with Gasteiger partial charge in [-0.25, -0.2) is 9.59 Å². The SMILES string of the molecule is O=C1NC(=O)N(Cc2ccco2)C(=O)/C1=C/c1ccc(OCc2cccc(C(=O)O)c2)c(Br)c1. The maximum Gasteiger partial charge on any atom is 0.335 e. The van der Waals surface area contributed by atoms with Gasteiger partial charge in [-0.3, -0.25) is 19.8 Å². The van der Waals surface area contributed by atoms with Crippen molar-refractivity contribution in [1.82, 2.24) is 10.2 Å². The van der Waals surface area contributed by atoms with E-state index in [4.69, 9.17) is 14.3 Å². The van der Waals surface area contributed by atoms with Gasteiger partial charge in [0, 0.05) is 0 Å². The molecule has 10 heteroatoms. The number of amides is 4. The third-order valence-electron chi connectivity index (χ3n) is 4.92. The van der Waals surface area contributed by atoms with Gasteiger partial charge in [0.1, 0.15) is 23.7 Å². The summed E-state index contributed by atoms with van der Waals surface area (Å²) in [6.07, 6.45) is 2.80. The van der Waals surface area contributed by atoms with Crippen molar-refractivity contribution in [3.8, 4) is 5.75 Å². The molecule has 4 rings (SSSR count). The Morgan fingerprint density at radius 1 is 1.12 bits per heavy atom. The number of carboxylic acid groups (broad SMARTS) is 1. The van der Waals surface area contributed by atoms with Gasteiger partial charge in [0.05, 0.1) is 22.8 Å². The molecule has 1 aliphatic heterocycles. The summed E-state index contributed by atoms with van der Waals surface area (Å²) in [4.78, 5) is 49.3. The number of barbiturate groups is 1. The highest BCUT2D eigenvalue weighted by atomic mass is 79.9. The average Bonchev–Trinajstić information content (AvgIpc) is 3.32. The zero-order valence-electron chi connectivity index (χ0n) is 17.5. The standard InChI is InChI=1S/C24H17BrN2O7/c25-19-11-14(6-7-20(19)34-13-15-3-1-4-16(9-15)23(30)31)10-18-21(28)26-24(32)27(22(18)29)12-17-5-2-8-33-17/h1-11H,12-13H2,(H,30,31)(H,26,28,32)/b18-10+. The van der Waals surface area contributed by atoms with Crippen LogP contribution >= 0.6 is 15.9 Å². The Morgan fingerprint density at radius 3 is 2.65 bits per heavy atom. The number of carboxylic acids is 1. The van der Waals surface area contributed by atoms with E-state index in [9.17, 15) is 19.2 Å². The van der Waals surface area contributed by atoms with Crippen LogP contribution in [0.15, 0.2) is 75.3 Å². The molecule has 0 unspecified atom stereocenters. The third-order valence-corrected chi connectivity index (χ3v) is 5.53. The zero-order valence-corrected chi connectivity index (χ0v) is 19.1. The molecule has 0 atom stereocenters. The fourth-order valence-electron chi connectivity index (χ4n) is 3.24. The van der Waals surface area contributed by atoms with E-state index in [1.165, 1.54) is 24.5 Å². The zero-order chi connectivity index (χ0) is 24.2. The lowest BCUT2D eigenvalue weighted by Crippen LogP contribution is -2.53. The molecule has 172 valence electrons. The van der Waals surface area contributed by atoms with E-state index < -0.39 is 23.8 Å². The van der Waals surface area contributed by atoms with Gasteiger partial charge >= 0.3 is 12.0 Å². The van der Waals surface area contributed by atoms with Crippen LogP contribution < -0.4 is 10.1 Å². The predicted octanol–water partition coefficient (Wildman–Crippen LogP) is 3.98. The van der Waals surface area contributed by atoms with Crippen LogP contribution in [-0.4, -0.2) is 33.8 Å². The smallest absolute Gasteiger partial charge is 0.335 e. The molecule has 0 saturated carbocycles. The molecule has 1 fully saturated rings. The highest BCUT2D eigenvalue weighted by Gasteiger charge is 2.36. The summed E-state index contributed by atoms with van der Waals surface area (Å²) in [6, 6.07) is 13.8. The second kappa shape index (κ2) is 9.75. The number of hydrogen-bond donors (Lipinski definition) is 2. The van der Waals surface area contributed by atoms with Crippen molar-refractivity contribution in [1.29, 1.82) is 0 Å². The second-order valence-corrected chi connectivity index (χ2v) is 8.13. The number of ether oxygens (including phenoxy) is 1. The molecule has 0 spiro atoms. The molecule has 4 amide bonds. The van der Waals surface area contributed by atoms with Crippen LogP contribution in [-0.2, 0) is 22.7 Å². The number of carbonyl (C=O) groups is 4. The van der Waals surface area contributed by atoms with Crippen LogP contribution in [0, 0.1) is 0 Å². The number of hydrogen-bond acceptors (Lipinski definition) is 6. The lowest BCUT2D eigenvalue weighted by molar-refractivity contribution is -0.130. The summed E-state index contributed by atoms with van der Waals surface area (Å²) in [5, 5.41) is 11.3. The summed E-state index contributed by atoms with van der Waals surface area (Å²) in [6.45, 7) is 0.0345. The Bertz CT molecular complexity index is 1310. The molecular weight excluding hydrogens is 508 g/mol. The van der Waals surface area contributed by atoms with Crippen molar-refractivity contribution in [2.24, 2.45) is 0 Å². The first-order chi connectivity index (χ1) is 16.3. The summed E-state index contributed by atoms with van der Waals surface area (Å²) < 4.78 is 11.5. The lowest BCUT2D eigenvalue weighted by Gasteiger charge is -2.25. The van der Waals surface area contributed by atoms with Crippen molar-refractivity contribution < 1.29 is 33.4 Å². The van der Waals surface area contributed by atoms with E-state index >= 15 is 0 Å². The molecule has 34 heavy (non-hydrogen) atoms. The number of halogens is 1. The van der Waals surface area contributed by atoms with E-state index in [1.54, 1.807) is 42.5 Å². The minimum Gasteiger partial charge on any atom is -0.488 e. The van der Waals surface area contributed by atoms with E-state index in [0.717, 1.165) is 4.90 Å². The number of furan rings is 1. The van der Waals surface area contributed by atoms with E-state index in [0.29, 0.717) is 27.1 Å². The average molecular weight is 525 g/mol.